The summed E-state index contributed by atoms with van der Waals surface area (Å²) in [7, 11) is 0. The van der Waals surface area contributed by atoms with Gasteiger partial charge < -0.3 is 10.5 Å². The maximum atomic E-state index is 5.68. The molecule has 3 heteroatoms. The quantitative estimate of drug-likeness (QED) is 0.827. The van der Waals surface area contributed by atoms with Gasteiger partial charge in [-0.05, 0) is 18.9 Å². The molecule has 0 amide bonds. The maximum absolute atomic E-state index is 5.68. The number of hydrogen-bond donors (Lipinski definition) is 1. The molecule has 0 spiro atoms. The highest BCUT2D eigenvalue weighted by molar-refractivity contribution is 5.35. The number of ether oxygens (including phenoxy) is 1. The summed E-state index contributed by atoms with van der Waals surface area (Å²) in [6, 6.07) is 3.65. The lowest BCUT2D eigenvalue weighted by Gasteiger charge is -2.22. The third-order valence-electron chi connectivity index (χ3n) is 3.14. The second-order valence-electron chi connectivity index (χ2n) is 4.74. The molecule has 0 atom stereocenters. The van der Waals surface area contributed by atoms with E-state index in [2.05, 4.69) is 11.9 Å². The summed E-state index contributed by atoms with van der Waals surface area (Å²) >= 11 is 0. The average molecular weight is 206 g/mol. The molecule has 0 saturated heterocycles. The fourth-order valence-corrected chi connectivity index (χ4v) is 2.10. The van der Waals surface area contributed by atoms with Gasteiger partial charge in [0.05, 0.1) is 18.5 Å². The van der Waals surface area contributed by atoms with Crippen LogP contribution in [0.3, 0.4) is 0 Å². The highest BCUT2D eigenvalue weighted by Gasteiger charge is 2.29. The lowest BCUT2D eigenvalue weighted by atomic mass is 9.90. The topological polar surface area (TPSA) is 48.1 Å². The summed E-state index contributed by atoms with van der Waals surface area (Å²) in [4.78, 5) is 4.12. The van der Waals surface area contributed by atoms with Gasteiger partial charge in [0.15, 0.2) is 0 Å². The molecule has 15 heavy (non-hydrogen) atoms. The molecule has 0 bridgehead atoms. The number of rotatable bonds is 3. The van der Waals surface area contributed by atoms with E-state index in [1.165, 1.54) is 25.7 Å². The Morgan fingerprint density at radius 1 is 1.40 bits per heavy atom. The zero-order chi connectivity index (χ0) is 10.7. The van der Waals surface area contributed by atoms with E-state index in [1.807, 2.05) is 12.1 Å². The molecule has 2 N–H and O–H groups in total. The molecule has 3 nitrogen and oxygen atoms in total. The van der Waals surface area contributed by atoms with Crippen LogP contribution in [-0.2, 0) is 0 Å². The van der Waals surface area contributed by atoms with Crippen molar-refractivity contribution in [1.29, 1.82) is 0 Å². The van der Waals surface area contributed by atoms with Crippen molar-refractivity contribution in [2.45, 2.75) is 32.6 Å². The van der Waals surface area contributed by atoms with Gasteiger partial charge in [-0.1, -0.05) is 19.8 Å². The van der Waals surface area contributed by atoms with Crippen LogP contribution in [0.1, 0.15) is 32.6 Å². The number of nitrogens with two attached hydrogens (primary N) is 1. The van der Waals surface area contributed by atoms with Crippen LogP contribution in [0.4, 0.5) is 5.69 Å². The summed E-state index contributed by atoms with van der Waals surface area (Å²) in [5.74, 6) is 0.678. The number of nitrogen functional groups attached to an aromatic ring is 1. The first kappa shape index (κ1) is 10.3. The third kappa shape index (κ3) is 2.61. The van der Waals surface area contributed by atoms with Gasteiger partial charge in [0, 0.05) is 11.5 Å². The van der Waals surface area contributed by atoms with Gasteiger partial charge in [0.2, 0.25) is 5.88 Å². The molecule has 0 radical (unpaired) electrons. The van der Waals surface area contributed by atoms with Crippen molar-refractivity contribution in [2.75, 3.05) is 12.3 Å². The Morgan fingerprint density at radius 3 is 2.73 bits per heavy atom. The minimum absolute atomic E-state index is 0.350. The fraction of sp³-hybridized carbons (Fsp3) is 0.583. The van der Waals surface area contributed by atoms with E-state index in [1.54, 1.807) is 6.20 Å². The second-order valence-corrected chi connectivity index (χ2v) is 4.74. The number of aromatic nitrogens is 1. The smallest absolute Gasteiger partial charge is 0.213 e. The Hall–Kier alpha value is -1.25. The van der Waals surface area contributed by atoms with Gasteiger partial charge in [0.25, 0.3) is 0 Å². The van der Waals surface area contributed by atoms with Crippen molar-refractivity contribution in [3.63, 3.8) is 0 Å². The molecule has 1 aromatic heterocycles. The molecule has 2 rings (SSSR count). The van der Waals surface area contributed by atoms with Gasteiger partial charge in [-0.15, -0.1) is 0 Å². The van der Waals surface area contributed by atoms with Gasteiger partial charge in [0.1, 0.15) is 0 Å². The molecule has 1 aliphatic carbocycles. The lowest BCUT2D eigenvalue weighted by molar-refractivity contribution is 0.163. The van der Waals surface area contributed by atoms with Crippen molar-refractivity contribution in [2.24, 2.45) is 5.41 Å². The van der Waals surface area contributed by atoms with Crippen molar-refractivity contribution in [1.82, 2.24) is 4.98 Å². The standard InChI is InChI=1S/C12H18N2O/c1-12(6-2-3-7-12)9-15-11-5-4-10(13)8-14-11/h4-5,8H,2-3,6-7,9,13H2,1H3. The number of pyridine rings is 1. The minimum Gasteiger partial charge on any atom is -0.477 e. The Balaban J connectivity index is 1.90. The van der Waals surface area contributed by atoms with E-state index in [-0.39, 0.29) is 0 Å². The maximum Gasteiger partial charge on any atom is 0.213 e. The number of hydrogen-bond acceptors (Lipinski definition) is 3. The molecule has 0 aromatic carbocycles. The summed E-state index contributed by atoms with van der Waals surface area (Å²) in [6.45, 7) is 3.06. The molecular formula is C12H18N2O. The first-order chi connectivity index (χ1) is 7.18. The van der Waals surface area contributed by atoms with E-state index in [0.29, 0.717) is 17.0 Å². The van der Waals surface area contributed by atoms with Crippen LogP contribution in [0.25, 0.3) is 0 Å². The Kier molecular flexibility index (Phi) is 2.80. The Morgan fingerprint density at radius 2 is 2.13 bits per heavy atom. The zero-order valence-corrected chi connectivity index (χ0v) is 9.20. The van der Waals surface area contributed by atoms with E-state index < -0.39 is 0 Å². The normalized spacial score (nSPS) is 19.0. The third-order valence-corrected chi connectivity index (χ3v) is 3.14. The highest BCUT2D eigenvalue weighted by atomic mass is 16.5. The van der Waals surface area contributed by atoms with E-state index >= 15 is 0 Å². The minimum atomic E-state index is 0.350. The Labute approximate surface area is 90.7 Å². The van der Waals surface area contributed by atoms with Crippen molar-refractivity contribution < 1.29 is 4.74 Å². The van der Waals surface area contributed by atoms with Gasteiger partial charge >= 0.3 is 0 Å². The summed E-state index contributed by atoms with van der Waals surface area (Å²) in [5.41, 5.74) is 6.58. The zero-order valence-electron chi connectivity index (χ0n) is 9.20. The molecule has 0 unspecified atom stereocenters. The largest absolute Gasteiger partial charge is 0.477 e. The van der Waals surface area contributed by atoms with Crippen LogP contribution in [0, 0.1) is 5.41 Å². The average Bonchev–Trinajstić information content (AvgIpc) is 2.65. The molecule has 1 fully saturated rings. The van der Waals surface area contributed by atoms with Crippen LogP contribution in [0.15, 0.2) is 18.3 Å². The van der Waals surface area contributed by atoms with Crippen molar-refractivity contribution in [3.05, 3.63) is 18.3 Å². The lowest BCUT2D eigenvalue weighted by Crippen LogP contribution is -2.21. The second kappa shape index (κ2) is 4.09. The van der Waals surface area contributed by atoms with Gasteiger partial charge in [-0.2, -0.15) is 0 Å². The van der Waals surface area contributed by atoms with Crippen LogP contribution in [0.2, 0.25) is 0 Å². The van der Waals surface area contributed by atoms with E-state index in [0.717, 1.165) is 6.61 Å². The van der Waals surface area contributed by atoms with E-state index in [9.17, 15) is 0 Å². The predicted molar refractivity (Wildman–Crippen MR) is 60.7 cm³/mol. The molecular weight excluding hydrogens is 188 g/mol. The molecule has 82 valence electrons. The summed E-state index contributed by atoms with van der Waals surface area (Å²) < 4.78 is 5.68. The van der Waals surface area contributed by atoms with E-state index in [4.69, 9.17) is 10.5 Å². The molecule has 1 aromatic rings. The monoisotopic (exact) mass is 206 g/mol. The Bertz CT molecular complexity index is 315. The van der Waals surface area contributed by atoms with Crippen LogP contribution in [-0.4, -0.2) is 11.6 Å². The van der Waals surface area contributed by atoms with Crippen molar-refractivity contribution >= 4 is 5.69 Å². The number of anilines is 1. The molecule has 1 heterocycles. The van der Waals surface area contributed by atoms with Crippen LogP contribution in [0.5, 0.6) is 5.88 Å². The molecule has 1 aliphatic rings. The molecule has 0 aliphatic heterocycles. The fourth-order valence-electron chi connectivity index (χ4n) is 2.10. The summed E-state index contributed by atoms with van der Waals surface area (Å²) in [5, 5.41) is 0. The van der Waals surface area contributed by atoms with Gasteiger partial charge in [-0.3, -0.25) is 0 Å². The molecule has 1 saturated carbocycles. The first-order valence-electron chi connectivity index (χ1n) is 5.52. The predicted octanol–water partition coefficient (Wildman–Crippen LogP) is 2.62. The highest BCUT2D eigenvalue weighted by Crippen LogP contribution is 2.37. The van der Waals surface area contributed by atoms with Crippen molar-refractivity contribution in [3.8, 4) is 5.88 Å². The van der Waals surface area contributed by atoms with Crippen LogP contribution >= 0.6 is 0 Å². The summed E-state index contributed by atoms with van der Waals surface area (Å²) in [6.07, 6.45) is 6.82. The first-order valence-corrected chi connectivity index (χ1v) is 5.52. The number of nitrogens with zero attached hydrogens (tertiary/aromatic N) is 1. The van der Waals surface area contributed by atoms with Gasteiger partial charge in [-0.25, -0.2) is 4.98 Å². The SMILES string of the molecule is CC1(COc2ccc(N)cn2)CCCC1. The van der Waals surface area contributed by atoms with Crippen LogP contribution < -0.4 is 10.5 Å².